The molecule has 0 amide bonds. The van der Waals surface area contributed by atoms with E-state index in [0.717, 1.165) is 12.8 Å². The van der Waals surface area contributed by atoms with E-state index in [0.29, 0.717) is 29.1 Å². The molecule has 2 heterocycles. The predicted molar refractivity (Wildman–Crippen MR) is 80.1 cm³/mol. The molecule has 0 bridgehead atoms. The number of hydrogen-bond donors (Lipinski definition) is 1. The van der Waals surface area contributed by atoms with Crippen LogP contribution in [-0.4, -0.2) is 21.7 Å². The van der Waals surface area contributed by atoms with Gasteiger partial charge in [0.05, 0.1) is 16.1 Å². The summed E-state index contributed by atoms with van der Waals surface area (Å²) in [6.45, 7) is 4.32. The minimum absolute atomic E-state index is 0.0712. The van der Waals surface area contributed by atoms with Gasteiger partial charge < -0.3 is 10.7 Å². The number of nitrogens with zero attached hydrogens (tertiary/aromatic N) is 3. The average molecular weight is 297 g/mol. The van der Waals surface area contributed by atoms with Crippen molar-refractivity contribution in [1.29, 1.82) is 0 Å². The molecule has 1 fully saturated rings. The van der Waals surface area contributed by atoms with Gasteiger partial charge in [0.1, 0.15) is 5.82 Å². The number of nitrogen functional groups attached to an aromatic ring is 1. The minimum atomic E-state index is -0.447. The van der Waals surface area contributed by atoms with Crippen molar-refractivity contribution in [3.8, 4) is 0 Å². The van der Waals surface area contributed by atoms with Gasteiger partial charge in [0.25, 0.3) is 0 Å². The monoisotopic (exact) mass is 296 g/mol. The normalized spacial score (nSPS) is 23.5. The second-order valence-corrected chi connectivity index (χ2v) is 5.95. The Labute approximate surface area is 122 Å². The summed E-state index contributed by atoms with van der Waals surface area (Å²) in [5, 5.41) is 2.27. The van der Waals surface area contributed by atoms with Crippen LogP contribution in [0.4, 0.5) is 10.3 Å². The Hall–Kier alpha value is -1.49. The molecule has 1 saturated heterocycles. The van der Waals surface area contributed by atoms with Crippen molar-refractivity contribution in [2.24, 2.45) is 0 Å². The summed E-state index contributed by atoms with van der Waals surface area (Å²) in [5.41, 5.74) is 7.35. The standard InChI is InChI=1S/C14H18ClFN4/c1-8-4-3-5-9(2)19(8)20-13-7-11(16)10(15)6-12(13)18-14(20)17/h6-9H,3-5H2,1-2H3,(H2,17,18). The maximum absolute atomic E-state index is 13.8. The third-order valence-corrected chi connectivity index (χ3v) is 4.37. The van der Waals surface area contributed by atoms with E-state index < -0.39 is 5.82 Å². The van der Waals surface area contributed by atoms with Crippen molar-refractivity contribution in [3.05, 3.63) is 23.0 Å². The lowest BCUT2D eigenvalue weighted by atomic mass is 10.00. The molecule has 2 unspecified atom stereocenters. The summed E-state index contributed by atoms with van der Waals surface area (Å²) >= 11 is 5.81. The Morgan fingerprint density at radius 2 is 1.95 bits per heavy atom. The molecule has 2 atom stereocenters. The van der Waals surface area contributed by atoms with Crippen molar-refractivity contribution in [3.63, 3.8) is 0 Å². The zero-order valence-electron chi connectivity index (χ0n) is 11.6. The summed E-state index contributed by atoms with van der Waals surface area (Å²) in [4.78, 5) is 4.31. The van der Waals surface area contributed by atoms with Crippen LogP contribution in [0.1, 0.15) is 33.1 Å². The molecule has 2 N–H and O–H groups in total. The number of piperidine rings is 1. The van der Waals surface area contributed by atoms with E-state index in [1.165, 1.54) is 18.6 Å². The lowest BCUT2D eigenvalue weighted by Gasteiger charge is -2.41. The molecule has 20 heavy (non-hydrogen) atoms. The number of imidazole rings is 1. The summed E-state index contributed by atoms with van der Waals surface area (Å²) in [6.07, 6.45) is 3.39. The van der Waals surface area contributed by atoms with Crippen molar-refractivity contribution in [2.45, 2.75) is 45.2 Å². The Bertz CT molecular complexity index is 644. The molecule has 1 aliphatic heterocycles. The van der Waals surface area contributed by atoms with Gasteiger partial charge in [-0.25, -0.2) is 14.1 Å². The Morgan fingerprint density at radius 3 is 2.60 bits per heavy atom. The van der Waals surface area contributed by atoms with E-state index in [1.54, 1.807) is 0 Å². The van der Waals surface area contributed by atoms with Gasteiger partial charge in [-0.2, -0.15) is 0 Å². The molecule has 3 rings (SSSR count). The first-order valence-corrected chi connectivity index (χ1v) is 7.28. The molecule has 4 nitrogen and oxygen atoms in total. The van der Waals surface area contributed by atoms with Crippen LogP contribution < -0.4 is 10.7 Å². The number of anilines is 1. The van der Waals surface area contributed by atoms with Crippen LogP contribution in [0.2, 0.25) is 5.02 Å². The van der Waals surface area contributed by atoms with E-state index in [1.807, 2.05) is 4.68 Å². The first-order valence-electron chi connectivity index (χ1n) is 6.90. The van der Waals surface area contributed by atoms with Gasteiger partial charge in [-0.3, -0.25) is 0 Å². The molecule has 0 aliphatic carbocycles. The molecule has 108 valence electrons. The van der Waals surface area contributed by atoms with E-state index in [-0.39, 0.29) is 5.02 Å². The summed E-state index contributed by atoms with van der Waals surface area (Å²) in [7, 11) is 0. The highest BCUT2D eigenvalue weighted by atomic mass is 35.5. The molecule has 1 aromatic carbocycles. The van der Waals surface area contributed by atoms with E-state index in [9.17, 15) is 4.39 Å². The highest BCUT2D eigenvalue weighted by molar-refractivity contribution is 6.31. The van der Waals surface area contributed by atoms with Gasteiger partial charge in [0.2, 0.25) is 5.95 Å². The summed E-state index contributed by atoms with van der Waals surface area (Å²) in [5.74, 6) is -0.0695. The van der Waals surface area contributed by atoms with Gasteiger partial charge in [0.15, 0.2) is 0 Å². The molecule has 0 spiro atoms. The highest BCUT2D eigenvalue weighted by Crippen LogP contribution is 2.29. The van der Waals surface area contributed by atoms with Crippen LogP contribution in [0.15, 0.2) is 12.1 Å². The number of aromatic nitrogens is 2. The lowest BCUT2D eigenvalue weighted by Crippen LogP contribution is -2.51. The van der Waals surface area contributed by atoms with Crippen LogP contribution in [0.5, 0.6) is 0 Å². The zero-order chi connectivity index (χ0) is 14.4. The van der Waals surface area contributed by atoms with Crippen LogP contribution in [-0.2, 0) is 0 Å². The SMILES string of the molecule is CC1CCCC(C)N1n1c(N)nc2cc(Cl)c(F)cc21. The van der Waals surface area contributed by atoms with Gasteiger partial charge in [-0.05, 0) is 39.2 Å². The van der Waals surface area contributed by atoms with E-state index in [2.05, 4.69) is 23.8 Å². The molecule has 1 aromatic heterocycles. The van der Waals surface area contributed by atoms with E-state index >= 15 is 0 Å². The van der Waals surface area contributed by atoms with Crippen LogP contribution in [0.25, 0.3) is 11.0 Å². The molecular weight excluding hydrogens is 279 g/mol. The molecular formula is C14H18ClFN4. The fourth-order valence-electron chi connectivity index (χ4n) is 3.12. The number of halogens is 2. The maximum atomic E-state index is 13.8. The fourth-order valence-corrected chi connectivity index (χ4v) is 3.28. The quantitative estimate of drug-likeness (QED) is 0.878. The molecule has 0 radical (unpaired) electrons. The molecule has 1 aliphatic rings. The number of benzene rings is 1. The first kappa shape index (κ1) is 13.5. The Balaban J connectivity index is 2.19. The van der Waals surface area contributed by atoms with Gasteiger partial charge in [-0.1, -0.05) is 11.6 Å². The second-order valence-electron chi connectivity index (χ2n) is 5.55. The van der Waals surface area contributed by atoms with Crippen LogP contribution in [0.3, 0.4) is 0 Å². The van der Waals surface area contributed by atoms with Gasteiger partial charge >= 0.3 is 0 Å². The van der Waals surface area contributed by atoms with Gasteiger partial charge in [-0.15, -0.1) is 0 Å². The maximum Gasteiger partial charge on any atom is 0.220 e. The lowest BCUT2D eigenvalue weighted by molar-refractivity contribution is 0.343. The average Bonchev–Trinajstić information content (AvgIpc) is 2.67. The fraction of sp³-hybridized carbons (Fsp3) is 0.500. The number of hydrogen-bond acceptors (Lipinski definition) is 3. The Kier molecular flexibility index (Phi) is 3.24. The van der Waals surface area contributed by atoms with Crippen LogP contribution >= 0.6 is 11.6 Å². The van der Waals surface area contributed by atoms with Crippen molar-refractivity contribution in [2.75, 3.05) is 10.7 Å². The van der Waals surface area contributed by atoms with Crippen molar-refractivity contribution < 1.29 is 4.39 Å². The zero-order valence-corrected chi connectivity index (χ0v) is 12.4. The smallest absolute Gasteiger partial charge is 0.220 e. The van der Waals surface area contributed by atoms with Crippen molar-refractivity contribution >= 4 is 28.6 Å². The Morgan fingerprint density at radius 1 is 1.30 bits per heavy atom. The summed E-state index contributed by atoms with van der Waals surface area (Å²) in [6, 6.07) is 3.63. The predicted octanol–water partition coefficient (Wildman–Crippen LogP) is 3.31. The number of fused-ring (bicyclic) bond motifs is 1. The minimum Gasteiger partial charge on any atom is -0.368 e. The largest absolute Gasteiger partial charge is 0.368 e. The van der Waals surface area contributed by atoms with Crippen molar-refractivity contribution in [1.82, 2.24) is 9.66 Å². The van der Waals surface area contributed by atoms with Gasteiger partial charge in [0, 0.05) is 18.2 Å². The summed E-state index contributed by atoms with van der Waals surface area (Å²) < 4.78 is 15.6. The topological polar surface area (TPSA) is 47.1 Å². The second kappa shape index (κ2) is 4.81. The number of rotatable bonds is 1. The first-order chi connectivity index (χ1) is 9.49. The molecule has 6 heteroatoms. The number of nitrogens with two attached hydrogens (primary N) is 1. The molecule has 0 saturated carbocycles. The van der Waals surface area contributed by atoms with Crippen LogP contribution in [0, 0.1) is 5.82 Å². The third-order valence-electron chi connectivity index (χ3n) is 4.08. The third kappa shape index (κ3) is 2.00. The molecule has 2 aromatic rings. The van der Waals surface area contributed by atoms with E-state index in [4.69, 9.17) is 17.3 Å². The highest BCUT2D eigenvalue weighted by Gasteiger charge is 2.28.